The summed E-state index contributed by atoms with van der Waals surface area (Å²) in [5.41, 5.74) is 10.2. The highest BCUT2D eigenvalue weighted by Gasteiger charge is 2.23. The number of hydrogen-bond donors (Lipinski definition) is 3. The fraction of sp³-hybridized carbons (Fsp3) is 0.200. The Morgan fingerprint density at radius 3 is 2.68 bits per heavy atom. The molecule has 8 heteroatoms. The molecule has 0 fully saturated rings. The predicted octanol–water partition coefficient (Wildman–Crippen LogP) is 5.01. The van der Waals surface area contributed by atoms with Crippen LogP contribution >= 0.6 is 23.2 Å². The number of aromatic nitrogens is 3. The van der Waals surface area contributed by atoms with Crippen LogP contribution in [0.5, 0.6) is 0 Å². The molecular weight excluding hydrogens is 397 g/mol. The van der Waals surface area contributed by atoms with Gasteiger partial charge in [-0.2, -0.15) is 5.10 Å². The van der Waals surface area contributed by atoms with Gasteiger partial charge in [-0.25, -0.2) is 0 Å². The number of nitrogen functional groups attached to an aromatic ring is 1. The zero-order valence-electron chi connectivity index (χ0n) is 15.6. The van der Waals surface area contributed by atoms with E-state index in [4.69, 9.17) is 34.0 Å². The number of carbonyl (C=O) groups excluding carboxylic acids is 1. The Balaban J connectivity index is 2.03. The van der Waals surface area contributed by atoms with Gasteiger partial charge in [-0.15, -0.1) is 0 Å². The monoisotopic (exact) mass is 415 g/mol. The first-order chi connectivity index (χ1) is 13.3. The van der Waals surface area contributed by atoms with Gasteiger partial charge in [0.25, 0.3) is 5.91 Å². The van der Waals surface area contributed by atoms with Crippen LogP contribution < -0.4 is 11.1 Å². The highest BCUT2D eigenvalue weighted by Crippen LogP contribution is 2.41. The van der Waals surface area contributed by atoms with E-state index in [0.717, 1.165) is 21.8 Å². The predicted molar refractivity (Wildman–Crippen MR) is 115 cm³/mol. The number of carbonyl (C=O) groups is 1. The Hall–Kier alpha value is -2.70. The molecule has 2 heterocycles. The third-order valence-electron chi connectivity index (χ3n) is 4.78. The van der Waals surface area contributed by atoms with Crippen molar-refractivity contribution in [1.82, 2.24) is 20.1 Å². The van der Waals surface area contributed by atoms with Crippen LogP contribution in [0.25, 0.3) is 33.2 Å². The average Bonchev–Trinajstić information content (AvgIpc) is 3.23. The van der Waals surface area contributed by atoms with Crippen LogP contribution in [0.1, 0.15) is 30.2 Å². The molecule has 0 spiro atoms. The van der Waals surface area contributed by atoms with E-state index in [-0.39, 0.29) is 11.9 Å². The topological polar surface area (TPSA) is 88.7 Å². The minimum Gasteiger partial charge on any atom is -0.398 e. The maximum absolute atomic E-state index is 11.9. The van der Waals surface area contributed by atoms with E-state index < -0.39 is 0 Å². The fourth-order valence-corrected chi connectivity index (χ4v) is 3.97. The smallest absolute Gasteiger partial charge is 0.251 e. The van der Waals surface area contributed by atoms with E-state index in [0.29, 0.717) is 32.7 Å². The van der Waals surface area contributed by atoms with Gasteiger partial charge in [-0.05, 0) is 38.1 Å². The van der Waals surface area contributed by atoms with Crippen molar-refractivity contribution < 1.29 is 4.79 Å². The number of nitrogens with two attached hydrogens (primary N) is 1. The van der Waals surface area contributed by atoms with Crippen molar-refractivity contribution in [3.05, 3.63) is 45.9 Å². The van der Waals surface area contributed by atoms with Gasteiger partial charge in [0.15, 0.2) is 0 Å². The molecule has 2 aromatic heterocycles. The summed E-state index contributed by atoms with van der Waals surface area (Å²) in [4.78, 5) is 15.3. The number of hydrogen-bond acceptors (Lipinski definition) is 3. The van der Waals surface area contributed by atoms with Crippen molar-refractivity contribution in [1.29, 1.82) is 0 Å². The van der Waals surface area contributed by atoms with Gasteiger partial charge in [0.1, 0.15) is 5.69 Å². The minimum atomic E-state index is -0.167. The zero-order valence-corrected chi connectivity index (χ0v) is 17.1. The van der Waals surface area contributed by atoms with E-state index in [1.165, 1.54) is 0 Å². The maximum Gasteiger partial charge on any atom is 0.251 e. The third kappa shape index (κ3) is 2.72. The minimum absolute atomic E-state index is 0.0820. The molecule has 28 heavy (non-hydrogen) atoms. The van der Waals surface area contributed by atoms with Crippen molar-refractivity contribution >= 4 is 56.6 Å². The summed E-state index contributed by atoms with van der Waals surface area (Å²) < 4.78 is 1.85. The SMILES string of the molecule is CNC(=O)c1ccc2c(Cl)c(-c3nn(C(C)C)c4c(Cl)ccc(N)c34)[nH]c2c1. The van der Waals surface area contributed by atoms with Gasteiger partial charge < -0.3 is 16.0 Å². The molecule has 0 aliphatic carbocycles. The first kappa shape index (κ1) is 18.7. The quantitative estimate of drug-likeness (QED) is 0.410. The van der Waals surface area contributed by atoms with Crippen LogP contribution in [0.3, 0.4) is 0 Å². The first-order valence-corrected chi connectivity index (χ1v) is 9.59. The second kappa shape index (κ2) is 6.72. The molecular formula is C20H19Cl2N5O. The number of benzene rings is 2. The number of nitrogens with zero attached hydrogens (tertiary/aromatic N) is 2. The van der Waals surface area contributed by atoms with Gasteiger partial charge >= 0.3 is 0 Å². The van der Waals surface area contributed by atoms with Crippen LogP contribution in [0, 0.1) is 0 Å². The van der Waals surface area contributed by atoms with Crippen molar-refractivity contribution in [2.75, 3.05) is 12.8 Å². The third-order valence-corrected chi connectivity index (χ3v) is 5.48. The normalized spacial score (nSPS) is 11.6. The van der Waals surface area contributed by atoms with E-state index in [9.17, 15) is 4.79 Å². The molecule has 2 aromatic carbocycles. The van der Waals surface area contributed by atoms with Gasteiger partial charge in [0, 0.05) is 35.2 Å². The lowest BCUT2D eigenvalue weighted by Crippen LogP contribution is -2.17. The number of fused-ring (bicyclic) bond motifs is 2. The molecule has 0 radical (unpaired) electrons. The molecule has 0 aliphatic rings. The number of aromatic amines is 1. The first-order valence-electron chi connectivity index (χ1n) is 8.83. The molecule has 0 bridgehead atoms. The van der Waals surface area contributed by atoms with Crippen LogP contribution in [-0.2, 0) is 0 Å². The Labute approximate surface area is 171 Å². The van der Waals surface area contributed by atoms with Crippen molar-refractivity contribution in [3.63, 3.8) is 0 Å². The van der Waals surface area contributed by atoms with Gasteiger partial charge in [-0.1, -0.05) is 29.3 Å². The van der Waals surface area contributed by atoms with Crippen LogP contribution in [0.2, 0.25) is 10.0 Å². The largest absolute Gasteiger partial charge is 0.398 e. The summed E-state index contributed by atoms with van der Waals surface area (Å²) in [5.74, 6) is -0.167. The lowest BCUT2D eigenvalue weighted by Gasteiger charge is -2.08. The van der Waals surface area contributed by atoms with E-state index in [2.05, 4.69) is 10.3 Å². The molecule has 0 saturated carbocycles. The number of amides is 1. The Bertz CT molecular complexity index is 1240. The second-order valence-electron chi connectivity index (χ2n) is 6.90. The number of H-pyrrole nitrogens is 1. The standard InChI is InChI=1S/C20H19Cl2N5O/c1-9(2)27-19-12(21)6-7-13(23)15(19)17(26-27)18-16(22)11-5-4-10(20(28)24-3)8-14(11)25-18/h4-9,25H,23H2,1-3H3,(H,24,28). The maximum atomic E-state index is 11.9. The van der Waals surface area contributed by atoms with Crippen molar-refractivity contribution in [3.8, 4) is 11.4 Å². The van der Waals surface area contributed by atoms with Gasteiger partial charge in [0.05, 0.1) is 26.6 Å². The number of rotatable bonds is 3. The van der Waals surface area contributed by atoms with Crippen molar-refractivity contribution in [2.45, 2.75) is 19.9 Å². The van der Waals surface area contributed by atoms with E-state index in [1.54, 1.807) is 31.3 Å². The molecule has 4 rings (SSSR count). The second-order valence-corrected chi connectivity index (χ2v) is 7.69. The van der Waals surface area contributed by atoms with Crippen molar-refractivity contribution in [2.24, 2.45) is 0 Å². The molecule has 0 saturated heterocycles. The lowest BCUT2D eigenvalue weighted by atomic mass is 10.1. The van der Waals surface area contributed by atoms with Crippen LogP contribution in [0.4, 0.5) is 5.69 Å². The highest BCUT2D eigenvalue weighted by molar-refractivity contribution is 6.39. The highest BCUT2D eigenvalue weighted by atomic mass is 35.5. The van der Waals surface area contributed by atoms with Crippen LogP contribution in [0.15, 0.2) is 30.3 Å². The summed E-state index contributed by atoms with van der Waals surface area (Å²) in [6.45, 7) is 4.05. The number of nitrogens with one attached hydrogen (secondary N) is 2. The van der Waals surface area contributed by atoms with E-state index in [1.807, 2.05) is 24.6 Å². The molecule has 0 atom stereocenters. The van der Waals surface area contributed by atoms with Crippen LogP contribution in [-0.4, -0.2) is 27.7 Å². The Kier molecular flexibility index (Phi) is 4.48. The van der Waals surface area contributed by atoms with Gasteiger partial charge in [-0.3, -0.25) is 9.48 Å². The molecule has 0 aliphatic heterocycles. The number of anilines is 1. The Morgan fingerprint density at radius 2 is 2.00 bits per heavy atom. The zero-order chi connectivity index (χ0) is 20.2. The summed E-state index contributed by atoms with van der Waals surface area (Å²) in [6, 6.07) is 8.94. The molecule has 1 amide bonds. The molecule has 4 N–H and O–H groups in total. The summed E-state index contributed by atoms with van der Waals surface area (Å²) in [7, 11) is 1.59. The van der Waals surface area contributed by atoms with E-state index >= 15 is 0 Å². The summed E-state index contributed by atoms with van der Waals surface area (Å²) in [6.07, 6.45) is 0. The lowest BCUT2D eigenvalue weighted by molar-refractivity contribution is 0.0963. The molecule has 4 aromatic rings. The van der Waals surface area contributed by atoms with Gasteiger partial charge in [0.2, 0.25) is 0 Å². The molecule has 6 nitrogen and oxygen atoms in total. The average molecular weight is 416 g/mol. The molecule has 144 valence electrons. The summed E-state index contributed by atoms with van der Waals surface area (Å²) >= 11 is 13.1. The number of halogens is 2. The molecule has 0 unspecified atom stereocenters. The Morgan fingerprint density at radius 1 is 1.25 bits per heavy atom. The fourth-order valence-electron chi connectivity index (χ4n) is 3.42. The summed E-state index contributed by atoms with van der Waals surface area (Å²) in [5, 5.41) is 10.0.